The van der Waals surface area contributed by atoms with Crippen molar-refractivity contribution in [3.63, 3.8) is 0 Å². The summed E-state index contributed by atoms with van der Waals surface area (Å²) in [5, 5.41) is 5.86. The molecule has 0 spiro atoms. The van der Waals surface area contributed by atoms with Crippen LogP contribution in [-0.4, -0.2) is 23.2 Å². The molecule has 0 radical (unpaired) electrons. The lowest BCUT2D eigenvalue weighted by molar-refractivity contribution is 0.0956. The molecule has 0 bridgehead atoms. The third-order valence-corrected chi connectivity index (χ3v) is 5.78. The van der Waals surface area contributed by atoms with E-state index in [4.69, 9.17) is 0 Å². The minimum atomic E-state index is -0.181. The molecule has 0 fully saturated rings. The number of thioether (sulfide) groups is 1. The number of nitrogens with one attached hydrogen (secondary N) is 1. The Morgan fingerprint density at radius 3 is 2.65 bits per heavy atom. The van der Waals surface area contributed by atoms with Gasteiger partial charge in [0.05, 0.1) is 0 Å². The van der Waals surface area contributed by atoms with E-state index in [-0.39, 0.29) is 11.7 Å². The van der Waals surface area contributed by atoms with E-state index in [1.165, 1.54) is 6.07 Å². The molecule has 26 heavy (non-hydrogen) atoms. The molecule has 0 aliphatic heterocycles. The van der Waals surface area contributed by atoms with Gasteiger partial charge in [0, 0.05) is 40.3 Å². The van der Waals surface area contributed by atoms with E-state index in [9.17, 15) is 9.18 Å². The Kier molecular flexibility index (Phi) is 6.41. The van der Waals surface area contributed by atoms with Crippen molar-refractivity contribution in [2.24, 2.45) is 0 Å². The number of halogens is 1. The van der Waals surface area contributed by atoms with Crippen LogP contribution >= 0.6 is 23.1 Å². The predicted octanol–water partition coefficient (Wildman–Crippen LogP) is 4.92. The van der Waals surface area contributed by atoms with Crippen LogP contribution in [0.3, 0.4) is 0 Å². The standard InChI is InChI=1S/C20H19FN2OS2/c1-14-12-26-20(23-14)16-8-6-15(7-9-16)19(24)22-10-11-25-13-17-4-2-3-5-18(17)21/h2-9,12H,10-11,13H2,1H3,(H,22,24). The van der Waals surface area contributed by atoms with Crippen molar-refractivity contribution in [1.82, 2.24) is 10.3 Å². The SMILES string of the molecule is Cc1csc(-c2ccc(C(=O)NCCSCc3ccccc3F)cc2)n1. The molecular formula is C20H19FN2OS2. The highest BCUT2D eigenvalue weighted by atomic mass is 32.2. The van der Waals surface area contributed by atoms with Crippen molar-refractivity contribution in [3.05, 3.63) is 76.5 Å². The van der Waals surface area contributed by atoms with Gasteiger partial charge in [0.25, 0.3) is 5.91 Å². The molecule has 1 N–H and O–H groups in total. The highest BCUT2D eigenvalue weighted by molar-refractivity contribution is 7.98. The molecule has 1 amide bonds. The van der Waals surface area contributed by atoms with Crippen LogP contribution in [0.1, 0.15) is 21.6 Å². The van der Waals surface area contributed by atoms with Crippen LogP contribution in [-0.2, 0) is 5.75 Å². The zero-order valence-corrected chi connectivity index (χ0v) is 16.0. The highest BCUT2D eigenvalue weighted by Gasteiger charge is 2.07. The Morgan fingerprint density at radius 1 is 1.19 bits per heavy atom. The van der Waals surface area contributed by atoms with Crippen molar-refractivity contribution in [3.8, 4) is 10.6 Å². The summed E-state index contributed by atoms with van der Waals surface area (Å²) in [6.07, 6.45) is 0. The van der Waals surface area contributed by atoms with Crippen molar-refractivity contribution in [2.45, 2.75) is 12.7 Å². The molecule has 3 nitrogen and oxygen atoms in total. The van der Waals surface area contributed by atoms with Gasteiger partial charge >= 0.3 is 0 Å². The van der Waals surface area contributed by atoms with Gasteiger partial charge in [-0.05, 0) is 30.7 Å². The lowest BCUT2D eigenvalue weighted by atomic mass is 10.1. The second-order valence-electron chi connectivity index (χ2n) is 5.77. The maximum atomic E-state index is 13.5. The first-order valence-corrected chi connectivity index (χ1v) is 10.3. The van der Waals surface area contributed by atoms with E-state index in [1.807, 2.05) is 42.6 Å². The van der Waals surface area contributed by atoms with Crippen LogP contribution in [0.5, 0.6) is 0 Å². The molecule has 3 aromatic rings. The molecule has 0 aliphatic carbocycles. The Balaban J connectivity index is 1.44. The topological polar surface area (TPSA) is 42.0 Å². The Labute approximate surface area is 160 Å². The first-order valence-electron chi connectivity index (χ1n) is 8.25. The number of thiazole rings is 1. The molecular weight excluding hydrogens is 367 g/mol. The monoisotopic (exact) mass is 386 g/mol. The molecule has 6 heteroatoms. The molecule has 0 saturated carbocycles. The van der Waals surface area contributed by atoms with Gasteiger partial charge in [-0.25, -0.2) is 9.37 Å². The van der Waals surface area contributed by atoms with Crippen LogP contribution in [0.25, 0.3) is 10.6 Å². The van der Waals surface area contributed by atoms with Gasteiger partial charge in [0.2, 0.25) is 0 Å². The van der Waals surface area contributed by atoms with Gasteiger partial charge in [-0.2, -0.15) is 11.8 Å². The van der Waals surface area contributed by atoms with Gasteiger partial charge in [-0.15, -0.1) is 11.3 Å². The molecule has 0 aliphatic rings. The molecule has 3 rings (SSSR count). The molecule has 0 unspecified atom stereocenters. The third kappa shape index (κ3) is 4.93. The van der Waals surface area contributed by atoms with Gasteiger partial charge in [0.1, 0.15) is 10.8 Å². The number of amides is 1. The van der Waals surface area contributed by atoms with Gasteiger partial charge < -0.3 is 5.32 Å². The first-order chi connectivity index (χ1) is 12.6. The molecule has 0 atom stereocenters. The van der Waals surface area contributed by atoms with Gasteiger partial charge in [-0.3, -0.25) is 4.79 Å². The summed E-state index contributed by atoms with van der Waals surface area (Å²) >= 11 is 3.19. The highest BCUT2D eigenvalue weighted by Crippen LogP contribution is 2.23. The third-order valence-electron chi connectivity index (χ3n) is 3.76. The van der Waals surface area contributed by atoms with Crippen LogP contribution in [0, 0.1) is 12.7 Å². The maximum Gasteiger partial charge on any atom is 0.251 e. The zero-order valence-electron chi connectivity index (χ0n) is 14.4. The van der Waals surface area contributed by atoms with E-state index in [2.05, 4.69) is 10.3 Å². The summed E-state index contributed by atoms with van der Waals surface area (Å²) in [5.74, 6) is 1.05. The average Bonchev–Trinajstić information content (AvgIpc) is 3.09. The second-order valence-corrected chi connectivity index (χ2v) is 7.73. The molecule has 0 saturated heterocycles. The summed E-state index contributed by atoms with van der Waals surface area (Å²) < 4.78 is 13.5. The van der Waals surface area contributed by atoms with E-state index >= 15 is 0 Å². The van der Waals surface area contributed by atoms with Gasteiger partial charge in [0.15, 0.2) is 0 Å². The molecule has 1 heterocycles. The Hall–Kier alpha value is -2.18. The van der Waals surface area contributed by atoms with Crippen molar-refractivity contribution in [1.29, 1.82) is 0 Å². The van der Waals surface area contributed by atoms with E-state index in [0.717, 1.165) is 22.0 Å². The fourth-order valence-electron chi connectivity index (χ4n) is 2.39. The van der Waals surface area contributed by atoms with Crippen molar-refractivity contribution in [2.75, 3.05) is 12.3 Å². The number of hydrogen-bond acceptors (Lipinski definition) is 4. The smallest absolute Gasteiger partial charge is 0.251 e. The summed E-state index contributed by atoms with van der Waals surface area (Å²) in [4.78, 5) is 16.6. The Morgan fingerprint density at radius 2 is 1.96 bits per heavy atom. The number of carbonyl (C=O) groups is 1. The van der Waals surface area contributed by atoms with E-state index < -0.39 is 0 Å². The van der Waals surface area contributed by atoms with Crippen LogP contribution in [0.4, 0.5) is 4.39 Å². The molecule has 1 aromatic heterocycles. The van der Waals surface area contributed by atoms with Crippen molar-refractivity contribution < 1.29 is 9.18 Å². The minimum Gasteiger partial charge on any atom is -0.351 e. The average molecular weight is 387 g/mol. The summed E-state index contributed by atoms with van der Waals surface area (Å²) in [6.45, 7) is 2.51. The number of rotatable bonds is 7. The fourth-order valence-corrected chi connectivity index (χ4v) is 4.04. The summed E-state index contributed by atoms with van der Waals surface area (Å²) in [6, 6.07) is 14.2. The zero-order chi connectivity index (χ0) is 18.4. The summed E-state index contributed by atoms with van der Waals surface area (Å²) in [7, 11) is 0. The Bertz CT molecular complexity index is 878. The second kappa shape index (κ2) is 8.96. The fraction of sp³-hybridized carbons (Fsp3) is 0.200. The number of aryl methyl sites for hydroxylation is 1. The minimum absolute atomic E-state index is 0.0987. The largest absolute Gasteiger partial charge is 0.351 e. The van der Waals surface area contributed by atoms with Crippen LogP contribution in [0.2, 0.25) is 0 Å². The number of benzene rings is 2. The maximum absolute atomic E-state index is 13.5. The predicted molar refractivity (Wildman–Crippen MR) is 107 cm³/mol. The lowest BCUT2D eigenvalue weighted by Gasteiger charge is -2.06. The van der Waals surface area contributed by atoms with Crippen molar-refractivity contribution >= 4 is 29.0 Å². The van der Waals surface area contributed by atoms with Gasteiger partial charge in [-0.1, -0.05) is 30.3 Å². The van der Waals surface area contributed by atoms with E-state index in [0.29, 0.717) is 23.4 Å². The number of aromatic nitrogens is 1. The summed E-state index contributed by atoms with van der Waals surface area (Å²) in [5.41, 5.74) is 3.33. The number of nitrogens with zero attached hydrogens (tertiary/aromatic N) is 1. The first kappa shape index (κ1) is 18.6. The van der Waals surface area contributed by atoms with Crippen LogP contribution < -0.4 is 5.32 Å². The quantitative estimate of drug-likeness (QED) is 0.586. The van der Waals surface area contributed by atoms with Crippen LogP contribution in [0.15, 0.2) is 53.9 Å². The molecule has 2 aromatic carbocycles. The molecule has 134 valence electrons. The normalized spacial score (nSPS) is 10.7. The number of hydrogen-bond donors (Lipinski definition) is 1. The lowest BCUT2D eigenvalue weighted by Crippen LogP contribution is -2.25. The van der Waals surface area contributed by atoms with E-state index in [1.54, 1.807) is 35.2 Å². The number of carbonyl (C=O) groups excluding carboxylic acids is 1.